The molecule has 0 spiro atoms. The Morgan fingerprint density at radius 1 is 1.38 bits per heavy atom. The summed E-state index contributed by atoms with van der Waals surface area (Å²) in [5.74, 6) is -1.49. The maximum Gasteiger partial charge on any atom is 0.573 e. The molecule has 1 rings (SSSR count). The number of rotatable bonds is 2. The second-order valence-electron chi connectivity index (χ2n) is 2.59. The Morgan fingerprint density at radius 2 is 1.94 bits per heavy atom. The fraction of sp³-hybridized carbons (Fsp3) is 0.286. The standard InChI is InChI=1S/C7H4F5IN2O/c8-5(9)3-1-2(13)4(6(14)15-3)16-7(10,11)12/h1,5H,(H2,14,15). The molecule has 1 aromatic rings. The van der Waals surface area contributed by atoms with Crippen molar-refractivity contribution in [2.75, 3.05) is 5.73 Å². The lowest BCUT2D eigenvalue weighted by atomic mass is 10.3. The summed E-state index contributed by atoms with van der Waals surface area (Å²) in [6, 6.07) is 0.780. The zero-order valence-corrected chi connectivity index (χ0v) is 9.51. The lowest BCUT2D eigenvalue weighted by Gasteiger charge is -2.13. The SMILES string of the molecule is Nc1nc(C(F)F)cc(I)c1OC(F)(F)F. The monoisotopic (exact) mass is 354 g/mol. The molecule has 9 heteroatoms. The highest BCUT2D eigenvalue weighted by atomic mass is 127. The Labute approximate surface area is 99.9 Å². The van der Waals surface area contributed by atoms with Crippen LogP contribution in [0.25, 0.3) is 0 Å². The van der Waals surface area contributed by atoms with Gasteiger partial charge in [-0.3, -0.25) is 0 Å². The summed E-state index contributed by atoms with van der Waals surface area (Å²) in [6.45, 7) is 0. The van der Waals surface area contributed by atoms with Crippen molar-refractivity contribution in [2.45, 2.75) is 12.8 Å². The van der Waals surface area contributed by atoms with Crippen LogP contribution in [0.4, 0.5) is 27.8 Å². The van der Waals surface area contributed by atoms with Gasteiger partial charge < -0.3 is 10.5 Å². The van der Waals surface area contributed by atoms with Crippen LogP contribution >= 0.6 is 22.6 Å². The number of pyridine rings is 1. The highest BCUT2D eigenvalue weighted by Crippen LogP contribution is 2.34. The van der Waals surface area contributed by atoms with Crippen molar-refractivity contribution >= 4 is 28.4 Å². The van der Waals surface area contributed by atoms with Gasteiger partial charge in [0.25, 0.3) is 6.43 Å². The summed E-state index contributed by atoms with van der Waals surface area (Å²) in [5, 5.41) is 0. The van der Waals surface area contributed by atoms with Gasteiger partial charge >= 0.3 is 6.36 Å². The van der Waals surface area contributed by atoms with Crippen molar-refractivity contribution in [3.8, 4) is 5.75 Å². The van der Waals surface area contributed by atoms with Crippen molar-refractivity contribution in [3.63, 3.8) is 0 Å². The highest BCUT2D eigenvalue weighted by Gasteiger charge is 2.33. The van der Waals surface area contributed by atoms with Crippen LogP contribution in [0.3, 0.4) is 0 Å². The number of halogens is 6. The molecule has 0 saturated carbocycles. The molecular formula is C7H4F5IN2O. The fourth-order valence-corrected chi connectivity index (χ4v) is 1.57. The van der Waals surface area contributed by atoms with E-state index in [0.29, 0.717) is 0 Å². The molecule has 16 heavy (non-hydrogen) atoms. The molecule has 3 nitrogen and oxygen atoms in total. The summed E-state index contributed by atoms with van der Waals surface area (Å²) < 4.78 is 63.5. The average Bonchev–Trinajstić information content (AvgIpc) is 2.09. The van der Waals surface area contributed by atoms with Crippen molar-refractivity contribution in [3.05, 3.63) is 15.3 Å². The molecule has 0 amide bonds. The number of nitrogens with zero attached hydrogens (tertiary/aromatic N) is 1. The van der Waals surface area contributed by atoms with E-state index in [2.05, 4.69) is 9.72 Å². The molecule has 0 aliphatic rings. The van der Waals surface area contributed by atoms with Gasteiger partial charge in [-0.05, 0) is 28.7 Å². The van der Waals surface area contributed by atoms with E-state index in [9.17, 15) is 22.0 Å². The van der Waals surface area contributed by atoms with E-state index in [-0.39, 0.29) is 3.57 Å². The van der Waals surface area contributed by atoms with E-state index in [4.69, 9.17) is 5.73 Å². The average molecular weight is 354 g/mol. The van der Waals surface area contributed by atoms with Crippen LogP contribution < -0.4 is 10.5 Å². The van der Waals surface area contributed by atoms with Gasteiger partial charge in [-0.1, -0.05) is 0 Å². The number of hydrogen-bond acceptors (Lipinski definition) is 3. The fourth-order valence-electron chi connectivity index (χ4n) is 0.868. The third kappa shape index (κ3) is 3.32. The molecular weight excluding hydrogens is 350 g/mol. The van der Waals surface area contributed by atoms with Crippen LogP contribution in [0.15, 0.2) is 6.07 Å². The van der Waals surface area contributed by atoms with Crippen LogP contribution in [0.1, 0.15) is 12.1 Å². The summed E-state index contributed by atoms with van der Waals surface area (Å²) in [7, 11) is 0. The maximum atomic E-state index is 12.2. The largest absolute Gasteiger partial charge is 0.573 e. The van der Waals surface area contributed by atoms with Gasteiger partial charge in [-0.15, -0.1) is 13.2 Å². The quantitative estimate of drug-likeness (QED) is 0.656. The molecule has 0 radical (unpaired) electrons. The first-order valence-electron chi connectivity index (χ1n) is 3.70. The minimum absolute atomic E-state index is 0.183. The van der Waals surface area contributed by atoms with Gasteiger partial charge in [-0.2, -0.15) is 0 Å². The summed E-state index contributed by atoms with van der Waals surface area (Å²) >= 11 is 1.41. The number of aromatic nitrogens is 1. The Morgan fingerprint density at radius 3 is 2.31 bits per heavy atom. The topological polar surface area (TPSA) is 48.1 Å². The number of anilines is 1. The first-order valence-corrected chi connectivity index (χ1v) is 4.78. The first kappa shape index (κ1) is 13.2. The summed E-state index contributed by atoms with van der Waals surface area (Å²) in [5.41, 5.74) is 4.40. The molecule has 0 atom stereocenters. The first-order chi connectivity index (χ1) is 7.20. The molecule has 2 N–H and O–H groups in total. The summed E-state index contributed by atoms with van der Waals surface area (Å²) in [6.07, 6.45) is -7.85. The van der Waals surface area contributed by atoms with E-state index in [1.54, 1.807) is 0 Å². The lowest BCUT2D eigenvalue weighted by molar-refractivity contribution is -0.274. The van der Waals surface area contributed by atoms with Gasteiger partial charge in [0.15, 0.2) is 11.6 Å². The van der Waals surface area contributed by atoms with Crippen LogP contribution in [0, 0.1) is 3.57 Å². The van der Waals surface area contributed by atoms with E-state index in [0.717, 1.165) is 6.07 Å². The van der Waals surface area contributed by atoms with Crippen LogP contribution in [-0.4, -0.2) is 11.3 Å². The van der Waals surface area contributed by atoms with Gasteiger partial charge in [0.1, 0.15) is 5.69 Å². The van der Waals surface area contributed by atoms with E-state index in [1.807, 2.05) is 0 Å². The van der Waals surface area contributed by atoms with E-state index < -0.39 is 30.0 Å². The molecule has 1 heterocycles. The molecule has 0 unspecified atom stereocenters. The molecule has 0 fully saturated rings. The van der Waals surface area contributed by atoms with Crippen LogP contribution in [0.2, 0.25) is 0 Å². The van der Waals surface area contributed by atoms with Crippen molar-refractivity contribution in [1.29, 1.82) is 0 Å². The second-order valence-corrected chi connectivity index (χ2v) is 3.75. The van der Waals surface area contributed by atoms with Gasteiger partial charge in [0.05, 0.1) is 3.57 Å². The number of ether oxygens (including phenoxy) is 1. The third-order valence-corrected chi connectivity index (χ3v) is 2.22. The molecule has 0 saturated heterocycles. The van der Waals surface area contributed by atoms with Gasteiger partial charge in [0.2, 0.25) is 0 Å². The predicted molar refractivity (Wildman–Crippen MR) is 53.0 cm³/mol. The second kappa shape index (κ2) is 4.55. The molecule has 90 valence electrons. The minimum atomic E-state index is -4.94. The van der Waals surface area contributed by atoms with Gasteiger partial charge in [0, 0.05) is 0 Å². The maximum absolute atomic E-state index is 12.2. The molecule has 0 aromatic carbocycles. The summed E-state index contributed by atoms with van der Waals surface area (Å²) in [4.78, 5) is 3.12. The Bertz CT molecular complexity index is 372. The predicted octanol–water partition coefficient (Wildman–Crippen LogP) is 3.10. The number of hydrogen-bond donors (Lipinski definition) is 1. The highest BCUT2D eigenvalue weighted by molar-refractivity contribution is 14.1. The van der Waals surface area contributed by atoms with Crippen molar-refractivity contribution < 1.29 is 26.7 Å². The van der Waals surface area contributed by atoms with E-state index >= 15 is 0 Å². The van der Waals surface area contributed by atoms with E-state index in [1.165, 1.54) is 22.6 Å². The number of nitrogen functional groups attached to an aromatic ring is 1. The minimum Gasteiger partial charge on any atom is -0.401 e. The zero-order valence-electron chi connectivity index (χ0n) is 7.36. The van der Waals surface area contributed by atoms with Crippen molar-refractivity contribution in [1.82, 2.24) is 4.98 Å². The Balaban J connectivity index is 3.13. The molecule has 1 aromatic heterocycles. The van der Waals surface area contributed by atoms with Gasteiger partial charge in [-0.25, -0.2) is 13.8 Å². The molecule has 0 bridgehead atoms. The molecule has 0 aliphatic heterocycles. The van der Waals surface area contributed by atoms with Crippen LogP contribution in [0.5, 0.6) is 5.75 Å². The lowest BCUT2D eigenvalue weighted by Crippen LogP contribution is -2.19. The normalized spacial score (nSPS) is 11.9. The number of alkyl halides is 5. The Hall–Kier alpha value is -0.870. The smallest absolute Gasteiger partial charge is 0.401 e. The Kier molecular flexibility index (Phi) is 3.76. The van der Waals surface area contributed by atoms with Crippen LogP contribution in [-0.2, 0) is 0 Å². The zero-order chi connectivity index (χ0) is 12.5. The number of nitrogens with two attached hydrogens (primary N) is 1. The molecule has 0 aliphatic carbocycles. The third-order valence-electron chi connectivity index (χ3n) is 1.42. The van der Waals surface area contributed by atoms with Crippen molar-refractivity contribution in [2.24, 2.45) is 0 Å².